The smallest absolute Gasteiger partial charge is 0.0474 e. The van der Waals surface area contributed by atoms with E-state index in [2.05, 4.69) is 37.9 Å². The summed E-state index contributed by atoms with van der Waals surface area (Å²) >= 11 is 0. The van der Waals surface area contributed by atoms with Crippen molar-refractivity contribution in [2.24, 2.45) is 5.92 Å². The van der Waals surface area contributed by atoms with E-state index >= 15 is 0 Å². The zero-order valence-electron chi connectivity index (χ0n) is 13.7. The molecule has 0 amide bonds. The average molecular weight is 270 g/mol. The van der Waals surface area contributed by atoms with Gasteiger partial charge in [-0.15, -0.1) is 0 Å². The van der Waals surface area contributed by atoms with Crippen LogP contribution in [-0.4, -0.2) is 49.8 Å². The van der Waals surface area contributed by atoms with Crippen LogP contribution in [0.1, 0.15) is 53.4 Å². The summed E-state index contributed by atoms with van der Waals surface area (Å²) in [4.78, 5) is 2.71. The largest absolute Gasteiger partial charge is 0.385 e. The summed E-state index contributed by atoms with van der Waals surface area (Å²) in [6.45, 7) is 13.7. The van der Waals surface area contributed by atoms with E-state index in [1.54, 1.807) is 7.11 Å². The third kappa shape index (κ3) is 5.05. The second-order valence-electron chi connectivity index (χ2n) is 6.47. The number of rotatable bonds is 8. The van der Waals surface area contributed by atoms with Crippen LogP contribution in [0.4, 0.5) is 0 Å². The van der Waals surface area contributed by atoms with Crippen LogP contribution in [0.2, 0.25) is 0 Å². The van der Waals surface area contributed by atoms with Crippen molar-refractivity contribution in [1.82, 2.24) is 10.2 Å². The Morgan fingerprint density at radius 2 is 2.00 bits per heavy atom. The second kappa shape index (κ2) is 8.23. The number of hydrogen-bond acceptors (Lipinski definition) is 3. The summed E-state index contributed by atoms with van der Waals surface area (Å²) in [7, 11) is 1.80. The summed E-state index contributed by atoms with van der Waals surface area (Å²) in [5, 5.41) is 3.83. The van der Waals surface area contributed by atoms with Gasteiger partial charge in [-0.1, -0.05) is 27.7 Å². The zero-order chi connectivity index (χ0) is 14.3. The first kappa shape index (κ1) is 16.9. The van der Waals surface area contributed by atoms with Crippen LogP contribution >= 0.6 is 0 Å². The van der Waals surface area contributed by atoms with Gasteiger partial charge in [-0.05, 0) is 31.6 Å². The maximum absolute atomic E-state index is 5.21. The molecule has 19 heavy (non-hydrogen) atoms. The van der Waals surface area contributed by atoms with Gasteiger partial charge in [0.2, 0.25) is 0 Å². The van der Waals surface area contributed by atoms with E-state index in [0.717, 1.165) is 25.5 Å². The number of hydrogen-bond donors (Lipinski definition) is 1. The molecule has 1 aliphatic heterocycles. The quantitative estimate of drug-likeness (QED) is 0.686. The first-order valence-corrected chi connectivity index (χ1v) is 8.05. The Morgan fingerprint density at radius 1 is 1.32 bits per heavy atom. The van der Waals surface area contributed by atoms with Crippen molar-refractivity contribution in [1.29, 1.82) is 0 Å². The van der Waals surface area contributed by atoms with Crippen molar-refractivity contribution < 1.29 is 4.74 Å². The van der Waals surface area contributed by atoms with Gasteiger partial charge in [0.1, 0.15) is 0 Å². The normalized spacial score (nSPS) is 24.0. The number of nitrogens with one attached hydrogen (secondary N) is 1. The lowest BCUT2D eigenvalue weighted by molar-refractivity contribution is 0.0544. The lowest BCUT2D eigenvalue weighted by Crippen LogP contribution is -2.64. The molecule has 1 rings (SSSR count). The van der Waals surface area contributed by atoms with E-state index in [0.29, 0.717) is 11.6 Å². The molecule has 0 saturated carbocycles. The molecule has 1 N–H and O–H groups in total. The molecular weight excluding hydrogens is 236 g/mol. The predicted octanol–water partition coefficient (Wildman–Crippen LogP) is 2.90. The van der Waals surface area contributed by atoms with Crippen molar-refractivity contribution in [3.05, 3.63) is 0 Å². The standard InChI is InChI=1S/C16H34N2O/c1-6-16(7-2)13-18(9-8-10-19-5)15(12-17-16)11-14(3)4/h14-15,17H,6-13H2,1-5H3. The molecule has 0 aromatic heterocycles. The Labute approximate surface area is 120 Å². The molecule has 0 aromatic carbocycles. The Morgan fingerprint density at radius 3 is 2.53 bits per heavy atom. The molecule has 1 fully saturated rings. The molecule has 0 bridgehead atoms. The highest BCUT2D eigenvalue weighted by atomic mass is 16.5. The average Bonchev–Trinajstić information content (AvgIpc) is 2.40. The van der Waals surface area contributed by atoms with Gasteiger partial charge in [-0.25, -0.2) is 0 Å². The van der Waals surface area contributed by atoms with E-state index in [1.165, 1.54) is 32.4 Å². The molecule has 3 nitrogen and oxygen atoms in total. The van der Waals surface area contributed by atoms with Crippen molar-refractivity contribution in [2.45, 2.75) is 65.0 Å². The van der Waals surface area contributed by atoms with Crippen LogP contribution < -0.4 is 5.32 Å². The van der Waals surface area contributed by atoms with Crippen molar-refractivity contribution in [2.75, 3.05) is 33.4 Å². The highest BCUT2D eigenvalue weighted by molar-refractivity contribution is 4.96. The van der Waals surface area contributed by atoms with Crippen LogP contribution in [0, 0.1) is 5.92 Å². The van der Waals surface area contributed by atoms with Crippen LogP contribution in [0.5, 0.6) is 0 Å². The van der Waals surface area contributed by atoms with E-state index < -0.39 is 0 Å². The molecule has 0 aromatic rings. The topological polar surface area (TPSA) is 24.5 Å². The Hall–Kier alpha value is -0.120. The molecule has 1 saturated heterocycles. The minimum Gasteiger partial charge on any atom is -0.385 e. The summed E-state index contributed by atoms with van der Waals surface area (Å²) in [6, 6.07) is 0.697. The first-order valence-electron chi connectivity index (χ1n) is 8.05. The molecule has 0 aliphatic carbocycles. The fourth-order valence-corrected chi connectivity index (χ4v) is 3.21. The Kier molecular flexibility index (Phi) is 7.33. The van der Waals surface area contributed by atoms with Gasteiger partial charge >= 0.3 is 0 Å². The van der Waals surface area contributed by atoms with Crippen molar-refractivity contribution in [3.8, 4) is 0 Å². The SMILES string of the molecule is CCC1(CC)CN(CCCOC)C(CC(C)C)CN1. The van der Waals surface area contributed by atoms with Gasteiger partial charge in [0.05, 0.1) is 0 Å². The van der Waals surface area contributed by atoms with Gasteiger partial charge < -0.3 is 10.1 Å². The van der Waals surface area contributed by atoms with E-state index in [1.807, 2.05) is 0 Å². The second-order valence-corrected chi connectivity index (χ2v) is 6.47. The predicted molar refractivity (Wildman–Crippen MR) is 82.6 cm³/mol. The maximum atomic E-state index is 5.21. The Bertz CT molecular complexity index is 239. The van der Waals surface area contributed by atoms with Crippen LogP contribution in [0.15, 0.2) is 0 Å². The van der Waals surface area contributed by atoms with Gasteiger partial charge in [-0.3, -0.25) is 4.90 Å². The van der Waals surface area contributed by atoms with E-state index in [-0.39, 0.29) is 0 Å². The molecule has 1 heterocycles. The third-order valence-electron chi connectivity index (χ3n) is 4.63. The Balaban J connectivity index is 2.62. The molecular formula is C16H34N2O. The molecule has 1 atom stereocenters. The lowest BCUT2D eigenvalue weighted by atomic mass is 9.87. The van der Waals surface area contributed by atoms with Gasteiger partial charge in [0.15, 0.2) is 0 Å². The van der Waals surface area contributed by atoms with E-state index in [4.69, 9.17) is 4.74 Å². The summed E-state index contributed by atoms with van der Waals surface area (Å²) in [6.07, 6.45) is 4.88. The highest BCUT2D eigenvalue weighted by Gasteiger charge is 2.36. The minimum atomic E-state index is 0.334. The molecule has 114 valence electrons. The van der Waals surface area contributed by atoms with Crippen LogP contribution in [0.3, 0.4) is 0 Å². The number of methoxy groups -OCH3 is 1. The van der Waals surface area contributed by atoms with Gasteiger partial charge in [0.25, 0.3) is 0 Å². The molecule has 0 radical (unpaired) electrons. The summed E-state index contributed by atoms with van der Waals surface area (Å²) in [5.41, 5.74) is 0.334. The number of ether oxygens (including phenoxy) is 1. The lowest BCUT2D eigenvalue weighted by Gasteiger charge is -2.48. The summed E-state index contributed by atoms with van der Waals surface area (Å²) in [5.74, 6) is 0.771. The van der Waals surface area contributed by atoms with E-state index in [9.17, 15) is 0 Å². The molecule has 3 heteroatoms. The fourth-order valence-electron chi connectivity index (χ4n) is 3.21. The monoisotopic (exact) mass is 270 g/mol. The number of piperazine rings is 1. The molecule has 1 unspecified atom stereocenters. The van der Waals surface area contributed by atoms with Gasteiger partial charge in [-0.2, -0.15) is 0 Å². The highest BCUT2D eigenvalue weighted by Crippen LogP contribution is 2.25. The van der Waals surface area contributed by atoms with Crippen LogP contribution in [-0.2, 0) is 4.74 Å². The fraction of sp³-hybridized carbons (Fsp3) is 1.00. The van der Waals surface area contributed by atoms with Crippen molar-refractivity contribution >= 4 is 0 Å². The van der Waals surface area contributed by atoms with Crippen LogP contribution in [0.25, 0.3) is 0 Å². The zero-order valence-corrected chi connectivity index (χ0v) is 13.7. The maximum Gasteiger partial charge on any atom is 0.0474 e. The third-order valence-corrected chi connectivity index (χ3v) is 4.63. The number of nitrogens with zero attached hydrogens (tertiary/aromatic N) is 1. The molecule has 0 spiro atoms. The summed E-state index contributed by atoms with van der Waals surface area (Å²) < 4.78 is 5.21. The van der Waals surface area contributed by atoms with Gasteiger partial charge in [0, 0.05) is 44.9 Å². The minimum absolute atomic E-state index is 0.334. The molecule has 1 aliphatic rings. The van der Waals surface area contributed by atoms with Crippen molar-refractivity contribution in [3.63, 3.8) is 0 Å². The first-order chi connectivity index (χ1) is 9.06.